The summed E-state index contributed by atoms with van der Waals surface area (Å²) in [5.74, 6) is 0. The number of rotatable bonds is 4. The first kappa shape index (κ1) is 7.96. The van der Waals surface area contributed by atoms with E-state index in [1.54, 1.807) is 0 Å². The Morgan fingerprint density at radius 1 is 1.50 bits per heavy atom. The number of hydrogen-bond donors (Lipinski definition) is 1. The van der Waals surface area contributed by atoms with Gasteiger partial charge >= 0.3 is 0 Å². The first-order valence-electron chi connectivity index (χ1n) is 3.48. The van der Waals surface area contributed by atoms with Crippen molar-refractivity contribution < 1.29 is 0 Å². The van der Waals surface area contributed by atoms with E-state index in [-0.39, 0.29) is 0 Å². The van der Waals surface area contributed by atoms with E-state index in [4.69, 9.17) is 0 Å². The molecule has 1 atom stereocenters. The minimum atomic E-state index is 0.704. The minimum absolute atomic E-state index is 0.704. The van der Waals surface area contributed by atoms with Crippen LogP contribution in [0.4, 0.5) is 0 Å². The molecule has 0 radical (unpaired) electrons. The summed E-state index contributed by atoms with van der Waals surface area (Å²) in [7, 11) is 2.01. The zero-order valence-electron chi connectivity index (χ0n) is 6.20. The van der Waals surface area contributed by atoms with E-state index >= 15 is 0 Å². The van der Waals surface area contributed by atoms with Crippen molar-refractivity contribution in [2.75, 3.05) is 7.05 Å². The highest BCUT2D eigenvalue weighted by molar-refractivity contribution is 4.54. The van der Waals surface area contributed by atoms with Gasteiger partial charge in [0.25, 0.3) is 0 Å². The first-order valence-corrected chi connectivity index (χ1v) is 3.48. The van der Waals surface area contributed by atoms with Gasteiger partial charge in [-0.1, -0.05) is 19.8 Å². The Balaban J connectivity index is 2.86. The largest absolute Gasteiger partial charge is 0.317 e. The molecule has 0 saturated heterocycles. The zero-order valence-corrected chi connectivity index (χ0v) is 6.20. The van der Waals surface area contributed by atoms with Gasteiger partial charge in [-0.05, 0) is 20.4 Å². The second-order valence-corrected chi connectivity index (χ2v) is 2.33. The van der Waals surface area contributed by atoms with Crippen LogP contribution in [0.3, 0.4) is 0 Å². The van der Waals surface area contributed by atoms with Gasteiger partial charge in [-0.3, -0.25) is 0 Å². The van der Waals surface area contributed by atoms with Crippen molar-refractivity contribution in [2.24, 2.45) is 0 Å². The Bertz CT molecular complexity index is 43.7. The molecular weight excluding hydrogens is 98.1 g/mol. The quantitative estimate of drug-likeness (QED) is 0.589. The van der Waals surface area contributed by atoms with Gasteiger partial charge in [0.1, 0.15) is 0 Å². The molecule has 0 aliphatic rings. The average molecular weight is 115 g/mol. The lowest BCUT2D eigenvalue weighted by molar-refractivity contribution is 0.537. The number of nitrogens with one attached hydrogen (secondary N) is 1. The van der Waals surface area contributed by atoms with Crippen LogP contribution in [-0.2, 0) is 0 Å². The van der Waals surface area contributed by atoms with Crippen LogP contribution in [0.2, 0.25) is 0 Å². The lowest BCUT2D eigenvalue weighted by Gasteiger charge is -2.06. The Morgan fingerprint density at radius 3 is 2.50 bits per heavy atom. The molecule has 0 aliphatic carbocycles. The Kier molecular flexibility index (Phi) is 5.08. The van der Waals surface area contributed by atoms with Crippen molar-refractivity contribution in [2.45, 2.75) is 39.2 Å². The molecule has 0 aliphatic heterocycles. The third-order valence-corrected chi connectivity index (χ3v) is 1.48. The summed E-state index contributed by atoms with van der Waals surface area (Å²) in [6.07, 6.45) is 3.97. The van der Waals surface area contributed by atoms with Gasteiger partial charge in [0.05, 0.1) is 0 Å². The summed E-state index contributed by atoms with van der Waals surface area (Å²) in [5.41, 5.74) is 0. The summed E-state index contributed by atoms with van der Waals surface area (Å²) >= 11 is 0. The number of hydrogen-bond acceptors (Lipinski definition) is 1. The molecule has 0 fully saturated rings. The van der Waals surface area contributed by atoms with Crippen LogP contribution in [0.5, 0.6) is 0 Å². The second kappa shape index (κ2) is 5.10. The third-order valence-electron chi connectivity index (χ3n) is 1.48. The number of unbranched alkanes of at least 4 members (excludes halogenated alkanes) is 1. The molecule has 0 aromatic carbocycles. The fourth-order valence-electron chi connectivity index (χ4n) is 0.655. The van der Waals surface area contributed by atoms with Gasteiger partial charge < -0.3 is 5.32 Å². The molecule has 0 amide bonds. The summed E-state index contributed by atoms with van der Waals surface area (Å²) in [5, 5.41) is 3.20. The lowest BCUT2D eigenvalue weighted by Crippen LogP contribution is -2.20. The highest BCUT2D eigenvalue weighted by Gasteiger charge is 1.93. The van der Waals surface area contributed by atoms with E-state index < -0.39 is 0 Å². The summed E-state index contributed by atoms with van der Waals surface area (Å²) in [6, 6.07) is 0.704. The Hall–Kier alpha value is -0.0400. The molecule has 0 heterocycles. The maximum Gasteiger partial charge on any atom is 0.00357 e. The lowest BCUT2D eigenvalue weighted by atomic mass is 10.1. The molecule has 1 heteroatoms. The maximum atomic E-state index is 3.20. The van der Waals surface area contributed by atoms with Gasteiger partial charge in [0, 0.05) is 6.04 Å². The van der Waals surface area contributed by atoms with E-state index in [0.717, 1.165) is 0 Å². The molecule has 1 nitrogen and oxygen atoms in total. The molecule has 0 unspecified atom stereocenters. The van der Waals surface area contributed by atoms with E-state index in [1.165, 1.54) is 19.3 Å². The smallest absolute Gasteiger partial charge is 0.00357 e. The standard InChI is InChI=1S/C7H17N/c1-4-5-6-7(2)8-3/h7-8H,4-6H2,1-3H3/t7-/m0/s1. The second-order valence-electron chi connectivity index (χ2n) is 2.33. The van der Waals surface area contributed by atoms with Crippen LogP contribution in [0.25, 0.3) is 0 Å². The van der Waals surface area contributed by atoms with Crippen LogP contribution >= 0.6 is 0 Å². The SMILES string of the molecule is CCCC[C@H](C)NC. The predicted octanol–water partition coefficient (Wildman–Crippen LogP) is 1.78. The highest BCUT2D eigenvalue weighted by Crippen LogP contribution is 1.97. The molecule has 8 heavy (non-hydrogen) atoms. The van der Waals surface area contributed by atoms with Crippen molar-refractivity contribution in [3.05, 3.63) is 0 Å². The molecule has 0 aromatic rings. The molecule has 0 aromatic heterocycles. The Morgan fingerprint density at radius 2 is 2.12 bits per heavy atom. The zero-order chi connectivity index (χ0) is 6.41. The van der Waals surface area contributed by atoms with Gasteiger partial charge in [0.15, 0.2) is 0 Å². The predicted molar refractivity (Wildman–Crippen MR) is 38.0 cm³/mol. The fraction of sp³-hybridized carbons (Fsp3) is 1.00. The molecule has 50 valence electrons. The van der Waals surface area contributed by atoms with E-state index in [0.29, 0.717) is 6.04 Å². The van der Waals surface area contributed by atoms with Crippen molar-refractivity contribution >= 4 is 0 Å². The van der Waals surface area contributed by atoms with Crippen LogP contribution in [0, 0.1) is 0 Å². The molecule has 0 rings (SSSR count). The van der Waals surface area contributed by atoms with E-state index in [1.807, 2.05) is 7.05 Å². The highest BCUT2D eigenvalue weighted by atomic mass is 14.8. The fourth-order valence-corrected chi connectivity index (χ4v) is 0.655. The van der Waals surface area contributed by atoms with Crippen LogP contribution < -0.4 is 5.32 Å². The maximum absolute atomic E-state index is 3.20. The topological polar surface area (TPSA) is 12.0 Å². The van der Waals surface area contributed by atoms with Gasteiger partial charge in [-0.25, -0.2) is 0 Å². The van der Waals surface area contributed by atoms with E-state index in [9.17, 15) is 0 Å². The molecular formula is C7H17N. The van der Waals surface area contributed by atoms with Crippen LogP contribution in [0.1, 0.15) is 33.1 Å². The molecule has 1 N–H and O–H groups in total. The molecule has 0 saturated carbocycles. The van der Waals surface area contributed by atoms with Crippen molar-refractivity contribution in [1.82, 2.24) is 5.32 Å². The monoisotopic (exact) mass is 115 g/mol. The Labute approximate surface area is 52.5 Å². The average Bonchev–Trinajstić information content (AvgIpc) is 1.83. The minimum Gasteiger partial charge on any atom is -0.317 e. The van der Waals surface area contributed by atoms with Crippen molar-refractivity contribution in [3.8, 4) is 0 Å². The molecule has 0 spiro atoms. The van der Waals surface area contributed by atoms with Crippen molar-refractivity contribution in [1.29, 1.82) is 0 Å². The summed E-state index contributed by atoms with van der Waals surface area (Å²) < 4.78 is 0. The summed E-state index contributed by atoms with van der Waals surface area (Å²) in [6.45, 7) is 4.44. The molecule has 0 bridgehead atoms. The first-order chi connectivity index (χ1) is 3.81. The summed E-state index contributed by atoms with van der Waals surface area (Å²) in [4.78, 5) is 0. The normalized spacial score (nSPS) is 13.9. The van der Waals surface area contributed by atoms with Crippen LogP contribution in [0.15, 0.2) is 0 Å². The van der Waals surface area contributed by atoms with Crippen LogP contribution in [-0.4, -0.2) is 13.1 Å². The van der Waals surface area contributed by atoms with Gasteiger partial charge in [0.2, 0.25) is 0 Å². The van der Waals surface area contributed by atoms with Gasteiger partial charge in [-0.15, -0.1) is 0 Å². The van der Waals surface area contributed by atoms with E-state index in [2.05, 4.69) is 19.2 Å². The third kappa shape index (κ3) is 4.13. The van der Waals surface area contributed by atoms with Crippen molar-refractivity contribution in [3.63, 3.8) is 0 Å². The van der Waals surface area contributed by atoms with Gasteiger partial charge in [-0.2, -0.15) is 0 Å².